The highest BCUT2D eigenvalue weighted by atomic mass is 19.1. The van der Waals surface area contributed by atoms with E-state index < -0.39 is 23.7 Å². The molecule has 0 aliphatic carbocycles. The first-order valence-corrected chi connectivity index (χ1v) is 6.28. The van der Waals surface area contributed by atoms with Gasteiger partial charge in [0.2, 0.25) is 0 Å². The summed E-state index contributed by atoms with van der Waals surface area (Å²) in [6.07, 6.45) is 0.373. The van der Waals surface area contributed by atoms with Gasteiger partial charge in [-0.05, 0) is 36.6 Å². The van der Waals surface area contributed by atoms with Crippen molar-refractivity contribution in [1.82, 2.24) is 5.32 Å². The zero-order valence-corrected chi connectivity index (χ0v) is 11.3. The summed E-state index contributed by atoms with van der Waals surface area (Å²) in [5.74, 6) is -2.47. The van der Waals surface area contributed by atoms with Crippen LogP contribution in [0.15, 0.2) is 12.1 Å². The van der Waals surface area contributed by atoms with E-state index in [4.69, 9.17) is 5.11 Å². The maximum Gasteiger partial charge on any atom is 0.338 e. The number of rotatable bonds is 3. The number of methoxy groups -OCH3 is 1. The van der Waals surface area contributed by atoms with Crippen molar-refractivity contribution in [3.8, 4) is 0 Å². The summed E-state index contributed by atoms with van der Waals surface area (Å²) >= 11 is 0. The van der Waals surface area contributed by atoms with Crippen LogP contribution in [0.1, 0.15) is 33.9 Å². The van der Waals surface area contributed by atoms with E-state index in [1.807, 2.05) is 0 Å². The molecule has 1 aliphatic rings. The Morgan fingerprint density at radius 1 is 1.45 bits per heavy atom. The van der Waals surface area contributed by atoms with E-state index in [0.717, 1.165) is 0 Å². The predicted octanol–water partition coefficient (Wildman–Crippen LogP) is 1.66. The molecule has 0 saturated carbocycles. The first kappa shape index (κ1) is 14.5. The van der Waals surface area contributed by atoms with E-state index in [9.17, 15) is 14.0 Å². The van der Waals surface area contributed by atoms with Gasteiger partial charge in [0.05, 0.1) is 18.6 Å². The number of carboxylic acids is 1. The Bertz CT molecular complexity index is 558. The Balaban J connectivity index is 2.32. The molecule has 1 saturated heterocycles. The highest BCUT2D eigenvalue weighted by Crippen LogP contribution is 2.29. The molecule has 0 spiro atoms. The second-order valence-corrected chi connectivity index (χ2v) is 4.90. The van der Waals surface area contributed by atoms with Gasteiger partial charge in [-0.2, -0.15) is 0 Å². The highest BCUT2D eigenvalue weighted by Gasteiger charge is 2.31. The summed E-state index contributed by atoms with van der Waals surface area (Å²) in [5, 5.41) is 12.0. The quantitative estimate of drug-likeness (QED) is 0.824. The normalized spacial score (nSPS) is 21.8. The van der Waals surface area contributed by atoms with Gasteiger partial charge < -0.3 is 15.2 Å². The molecule has 0 radical (unpaired) electrons. The van der Waals surface area contributed by atoms with Crippen LogP contribution in [0, 0.1) is 18.7 Å². The molecule has 1 aromatic carbocycles. The first-order valence-electron chi connectivity index (χ1n) is 6.28. The van der Waals surface area contributed by atoms with Gasteiger partial charge in [-0.3, -0.25) is 4.79 Å². The highest BCUT2D eigenvalue weighted by molar-refractivity contribution is 5.91. The second-order valence-electron chi connectivity index (χ2n) is 4.90. The second kappa shape index (κ2) is 5.58. The number of hydrogen-bond donors (Lipinski definition) is 2. The predicted molar refractivity (Wildman–Crippen MR) is 69.0 cm³/mol. The van der Waals surface area contributed by atoms with Crippen LogP contribution in [0.2, 0.25) is 0 Å². The molecule has 2 atom stereocenters. The van der Waals surface area contributed by atoms with E-state index in [2.05, 4.69) is 10.1 Å². The molecule has 2 unspecified atom stereocenters. The lowest BCUT2D eigenvalue weighted by molar-refractivity contribution is -0.141. The number of aliphatic carboxylic acids is 1. The minimum atomic E-state index is -0.874. The largest absolute Gasteiger partial charge is 0.481 e. The van der Waals surface area contributed by atoms with E-state index >= 15 is 0 Å². The topological polar surface area (TPSA) is 75.6 Å². The molecular formula is C14H16FNO4. The SMILES string of the molecule is COC(=O)c1cc(C2CC(C(=O)O)CN2)cc(F)c1C. The molecule has 0 aromatic heterocycles. The summed E-state index contributed by atoms with van der Waals surface area (Å²) in [7, 11) is 1.24. The van der Waals surface area contributed by atoms with Gasteiger partial charge in [0.1, 0.15) is 5.82 Å². The third-order valence-corrected chi connectivity index (χ3v) is 3.65. The summed E-state index contributed by atoms with van der Waals surface area (Å²) < 4.78 is 18.5. The number of ether oxygens (including phenoxy) is 1. The minimum Gasteiger partial charge on any atom is -0.481 e. The van der Waals surface area contributed by atoms with Crippen molar-refractivity contribution in [1.29, 1.82) is 0 Å². The fourth-order valence-corrected chi connectivity index (χ4v) is 2.40. The van der Waals surface area contributed by atoms with Crippen molar-refractivity contribution in [3.05, 3.63) is 34.6 Å². The van der Waals surface area contributed by atoms with E-state index in [1.54, 1.807) is 6.07 Å². The zero-order valence-electron chi connectivity index (χ0n) is 11.3. The van der Waals surface area contributed by atoms with E-state index in [0.29, 0.717) is 18.5 Å². The molecular weight excluding hydrogens is 265 g/mol. The van der Waals surface area contributed by atoms with Gasteiger partial charge in [0.25, 0.3) is 0 Å². The lowest BCUT2D eigenvalue weighted by atomic mass is 9.96. The van der Waals surface area contributed by atoms with Gasteiger partial charge in [0.15, 0.2) is 0 Å². The molecule has 2 rings (SSSR count). The third kappa shape index (κ3) is 2.65. The summed E-state index contributed by atoms with van der Waals surface area (Å²) in [6.45, 7) is 1.84. The Morgan fingerprint density at radius 2 is 2.15 bits per heavy atom. The van der Waals surface area contributed by atoms with E-state index in [1.165, 1.54) is 20.1 Å². The van der Waals surface area contributed by atoms with Gasteiger partial charge in [-0.1, -0.05) is 0 Å². The van der Waals surface area contributed by atoms with Crippen LogP contribution in [-0.4, -0.2) is 30.7 Å². The smallest absolute Gasteiger partial charge is 0.338 e. The average Bonchev–Trinajstić information content (AvgIpc) is 2.90. The summed E-state index contributed by atoms with van der Waals surface area (Å²) in [4.78, 5) is 22.6. The van der Waals surface area contributed by atoms with Gasteiger partial charge in [-0.15, -0.1) is 0 Å². The lowest BCUT2D eigenvalue weighted by Crippen LogP contribution is -2.17. The maximum atomic E-state index is 13.9. The standard InChI is InChI=1S/C14H16FNO4/c1-7-10(14(19)20-2)3-8(4-11(7)15)12-5-9(6-16-12)13(17)18/h3-4,9,12,16H,5-6H2,1-2H3,(H,17,18). The van der Waals surface area contributed by atoms with Crippen molar-refractivity contribution in [3.63, 3.8) is 0 Å². The molecule has 5 nitrogen and oxygen atoms in total. The van der Waals surface area contributed by atoms with Crippen LogP contribution >= 0.6 is 0 Å². The molecule has 1 heterocycles. The van der Waals surface area contributed by atoms with E-state index in [-0.39, 0.29) is 17.2 Å². The van der Waals surface area contributed by atoms with Crippen molar-refractivity contribution in [2.24, 2.45) is 5.92 Å². The van der Waals surface area contributed by atoms with Crippen LogP contribution in [0.5, 0.6) is 0 Å². The molecule has 0 bridgehead atoms. The molecule has 1 aromatic rings. The Kier molecular flexibility index (Phi) is 4.04. The Hall–Kier alpha value is -1.95. The van der Waals surface area contributed by atoms with Gasteiger partial charge in [-0.25, -0.2) is 9.18 Å². The third-order valence-electron chi connectivity index (χ3n) is 3.65. The molecule has 108 valence electrons. The number of benzene rings is 1. The first-order chi connectivity index (χ1) is 9.43. The molecule has 20 heavy (non-hydrogen) atoms. The van der Waals surface area contributed by atoms with Crippen LogP contribution in [0.3, 0.4) is 0 Å². The lowest BCUT2D eigenvalue weighted by Gasteiger charge is -2.14. The molecule has 1 fully saturated rings. The monoisotopic (exact) mass is 281 g/mol. The minimum absolute atomic E-state index is 0.170. The van der Waals surface area contributed by atoms with Crippen molar-refractivity contribution >= 4 is 11.9 Å². The number of carboxylic acid groups (broad SMARTS) is 1. The van der Waals surface area contributed by atoms with Crippen molar-refractivity contribution < 1.29 is 23.8 Å². The zero-order chi connectivity index (χ0) is 14.9. The fraction of sp³-hybridized carbons (Fsp3) is 0.429. The maximum absolute atomic E-state index is 13.9. The number of esters is 1. The number of halogens is 1. The molecule has 6 heteroatoms. The summed E-state index contributed by atoms with van der Waals surface area (Å²) in [5.41, 5.74) is 0.966. The molecule has 0 amide bonds. The summed E-state index contributed by atoms with van der Waals surface area (Å²) in [6, 6.07) is 2.63. The van der Waals surface area contributed by atoms with Gasteiger partial charge >= 0.3 is 11.9 Å². The van der Waals surface area contributed by atoms with Gasteiger partial charge in [0, 0.05) is 12.6 Å². The average molecular weight is 281 g/mol. The van der Waals surface area contributed by atoms with Crippen LogP contribution in [0.25, 0.3) is 0 Å². The number of nitrogens with one attached hydrogen (secondary N) is 1. The fourth-order valence-electron chi connectivity index (χ4n) is 2.40. The molecule has 2 N–H and O–H groups in total. The number of hydrogen-bond acceptors (Lipinski definition) is 4. The Morgan fingerprint density at radius 3 is 2.70 bits per heavy atom. The van der Waals surface area contributed by atoms with Crippen molar-refractivity contribution in [2.75, 3.05) is 13.7 Å². The number of carbonyl (C=O) groups is 2. The van der Waals surface area contributed by atoms with Crippen LogP contribution < -0.4 is 5.32 Å². The van der Waals surface area contributed by atoms with Crippen LogP contribution in [0.4, 0.5) is 4.39 Å². The van der Waals surface area contributed by atoms with Crippen molar-refractivity contribution in [2.45, 2.75) is 19.4 Å². The Labute approximate surface area is 115 Å². The number of carbonyl (C=O) groups excluding carboxylic acids is 1. The molecule has 1 aliphatic heterocycles. The van der Waals surface area contributed by atoms with Crippen LogP contribution in [-0.2, 0) is 9.53 Å².